The van der Waals surface area contributed by atoms with E-state index in [4.69, 9.17) is 9.47 Å². The van der Waals surface area contributed by atoms with Crippen molar-refractivity contribution in [2.75, 3.05) is 13.7 Å². The van der Waals surface area contributed by atoms with Crippen LogP contribution in [0.15, 0.2) is 12.1 Å². The van der Waals surface area contributed by atoms with Gasteiger partial charge in [-0.1, -0.05) is 0 Å². The van der Waals surface area contributed by atoms with Crippen LogP contribution in [0.5, 0.6) is 11.5 Å². The summed E-state index contributed by atoms with van der Waals surface area (Å²) in [5.74, 6) is -3.92. The van der Waals surface area contributed by atoms with E-state index in [1.807, 2.05) is 0 Å². The van der Waals surface area contributed by atoms with Gasteiger partial charge in [0, 0.05) is 10.8 Å². The number of aromatic amines is 1. The van der Waals surface area contributed by atoms with Gasteiger partial charge in [0.2, 0.25) is 0 Å². The number of hydrogen-bond donors (Lipinski definition) is 4. The number of aromatic nitrogens is 2. The molecule has 0 aliphatic heterocycles. The highest BCUT2D eigenvalue weighted by atomic mass is 16.5. The molecule has 3 aromatic rings. The fourth-order valence-corrected chi connectivity index (χ4v) is 2.89. The van der Waals surface area contributed by atoms with Gasteiger partial charge >= 0.3 is 17.9 Å². The minimum atomic E-state index is -1.42. The van der Waals surface area contributed by atoms with Crippen molar-refractivity contribution in [1.29, 1.82) is 0 Å². The molecule has 0 fully saturated rings. The van der Waals surface area contributed by atoms with E-state index in [2.05, 4.69) is 9.97 Å². The molecule has 0 aliphatic rings. The molecule has 0 bridgehead atoms. The second-order valence-corrected chi connectivity index (χ2v) is 5.46. The number of pyridine rings is 1. The average Bonchev–Trinajstić information content (AvgIpc) is 3.06. The standard InChI is InChI=1S/C17H14N2O8/c1-3-27-13-7-5-9(17(24)25)18-11(7)10-6(15(20)21)4-8(16(22)23)19-12(10)14(13)26-2/h4-5,18H,3H2,1-2H3,(H,20,21)(H,22,23)(H,24,25). The Kier molecular flexibility index (Phi) is 4.32. The van der Waals surface area contributed by atoms with Crippen molar-refractivity contribution in [3.63, 3.8) is 0 Å². The monoisotopic (exact) mass is 374 g/mol. The highest BCUT2D eigenvalue weighted by molar-refractivity contribution is 6.19. The summed E-state index contributed by atoms with van der Waals surface area (Å²) in [6.45, 7) is 1.90. The first-order valence-corrected chi connectivity index (χ1v) is 7.70. The molecule has 4 N–H and O–H groups in total. The van der Waals surface area contributed by atoms with Crippen molar-refractivity contribution < 1.29 is 39.2 Å². The van der Waals surface area contributed by atoms with Gasteiger partial charge in [-0.3, -0.25) is 0 Å². The van der Waals surface area contributed by atoms with Gasteiger partial charge in [0.05, 0.1) is 24.8 Å². The second kappa shape index (κ2) is 6.48. The summed E-state index contributed by atoms with van der Waals surface area (Å²) in [6.07, 6.45) is 0. The number of carboxylic acids is 3. The molecule has 0 unspecified atom stereocenters. The van der Waals surface area contributed by atoms with Crippen molar-refractivity contribution in [1.82, 2.24) is 9.97 Å². The van der Waals surface area contributed by atoms with Crippen LogP contribution in [-0.4, -0.2) is 56.9 Å². The normalized spacial score (nSPS) is 10.9. The molecule has 0 saturated heterocycles. The summed E-state index contributed by atoms with van der Waals surface area (Å²) >= 11 is 0. The number of ether oxygens (including phenoxy) is 2. The summed E-state index contributed by atoms with van der Waals surface area (Å²) in [6, 6.07) is 2.20. The molecule has 140 valence electrons. The lowest BCUT2D eigenvalue weighted by Gasteiger charge is -2.15. The smallest absolute Gasteiger partial charge is 0.354 e. The zero-order valence-electron chi connectivity index (χ0n) is 14.2. The van der Waals surface area contributed by atoms with E-state index < -0.39 is 23.6 Å². The van der Waals surface area contributed by atoms with Crippen molar-refractivity contribution >= 4 is 39.7 Å². The van der Waals surface area contributed by atoms with Crippen LogP contribution in [0.2, 0.25) is 0 Å². The minimum Gasteiger partial charge on any atom is -0.491 e. The zero-order chi connectivity index (χ0) is 19.9. The van der Waals surface area contributed by atoms with Crippen LogP contribution in [0.1, 0.15) is 38.3 Å². The van der Waals surface area contributed by atoms with E-state index in [0.29, 0.717) is 0 Å². The molecule has 0 amide bonds. The number of benzene rings is 1. The third-order valence-electron chi connectivity index (χ3n) is 3.93. The Morgan fingerprint density at radius 1 is 1.07 bits per heavy atom. The summed E-state index contributed by atoms with van der Waals surface area (Å²) < 4.78 is 10.9. The predicted octanol–water partition coefficient (Wildman–Crippen LogP) is 2.22. The number of methoxy groups -OCH3 is 1. The van der Waals surface area contributed by atoms with Crippen LogP contribution in [0.25, 0.3) is 21.8 Å². The molecule has 0 saturated carbocycles. The van der Waals surface area contributed by atoms with Crippen LogP contribution < -0.4 is 9.47 Å². The number of nitrogens with one attached hydrogen (secondary N) is 1. The van der Waals surface area contributed by atoms with E-state index in [0.717, 1.165) is 6.07 Å². The second-order valence-electron chi connectivity index (χ2n) is 5.46. The van der Waals surface area contributed by atoms with E-state index in [1.165, 1.54) is 13.2 Å². The van der Waals surface area contributed by atoms with Crippen molar-refractivity contribution in [2.45, 2.75) is 6.92 Å². The molecule has 10 heteroatoms. The Morgan fingerprint density at radius 3 is 2.30 bits per heavy atom. The summed E-state index contributed by atoms with van der Waals surface area (Å²) in [5.41, 5.74) is -0.968. The predicted molar refractivity (Wildman–Crippen MR) is 92.2 cm³/mol. The summed E-state index contributed by atoms with van der Waals surface area (Å²) in [4.78, 5) is 41.2. The van der Waals surface area contributed by atoms with Gasteiger partial charge in [-0.05, 0) is 19.1 Å². The topological polar surface area (TPSA) is 159 Å². The lowest BCUT2D eigenvalue weighted by atomic mass is 10.0. The quantitative estimate of drug-likeness (QED) is 0.507. The van der Waals surface area contributed by atoms with E-state index in [9.17, 15) is 29.7 Å². The van der Waals surface area contributed by atoms with E-state index in [-0.39, 0.29) is 51.2 Å². The van der Waals surface area contributed by atoms with Crippen LogP contribution in [0.3, 0.4) is 0 Å². The summed E-state index contributed by atoms with van der Waals surface area (Å²) in [5, 5.41) is 28.4. The molecule has 0 radical (unpaired) electrons. The number of rotatable bonds is 6. The number of hydrogen-bond acceptors (Lipinski definition) is 6. The maximum absolute atomic E-state index is 11.8. The van der Waals surface area contributed by atoms with Crippen LogP contribution in [-0.2, 0) is 0 Å². The Bertz CT molecular complexity index is 1120. The average molecular weight is 374 g/mol. The van der Waals surface area contributed by atoms with Crippen molar-refractivity contribution in [2.24, 2.45) is 0 Å². The number of aromatic carboxylic acids is 3. The Labute approximate surface area is 151 Å². The fraction of sp³-hybridized carbons (Fsp3) is 0.176. The number of nitrogens with zero attached hydrogens (tertiary/aromatic N) is 1. The largest absolute Gasteiger partial charge is 0.491 e. The zero-order valence-corrected chi connectivity index (χ0v) is 14.2. The van der Waals surface area contributed by atoms with Crippen LogP contribution in [0, 0.1) is 0 Å². The molecular weight excluding hydrogens is 360 g/mol. The molecule has 0 atom stereocenters. The Balaban J connectivity index is 2.63. The molecule has 0 aliphatic carbocycles. The first kappa shape index (κ1) is 18.0. The third kappa shape index (κ3) is 2.76. The Hall–Kier alpha value is -3.82. The van der Waals surface area contributed by atoms with Crippen molar-refractivity contribution in [3.05, 3.63) is 29.1 Å². The molecule has 3 rings (SSSR count). The summed E-state index contributed by atoms with van der Waals surface area (Å²) in [7, 11) is 1.30. The van der Waals surface area contributed by atoms with Crippen LogP contribution in [0.4, 0.5) is 0 Å². The van der Waals surface area contributed by atoms with Gasteiger partial charge in [-0.25, -0.2) is 19.4 Å². The van der Waals surface area contributed by atoms with Gasteiger partial charge < -0.3 is 29.8 Å². The number of fused-ring (bicyclic) bond motifs is 3. The van der Waals surface area contributed by atoms with Crippen molar-refractivity contribution in [3.8, 4) is 11.5 Å². The molecule has 2 aromatic heterocycles. The molecule has 27 heavy (non-hydrogen) atoms. The third-order valence-corrected chi connectivity index (χ3v) is 3.93. The maximum atomic E-state index is 11.8. The number of carboxylic acid groups (broad SMARTS) is 3. The van der Waals surface area contributed by atoms with Gasteiger partial charge in [-0.2, -0.15) is 0 Å². The Morgan fingerprint density at radius 2 is 1.78 bits per heavy atom. The molecule has 1 aromatic carbocycles. The fourth-order valence-electron chi connectivity index (χ4n) is 2.89. The van der Waals surface area contributed by atoms with Gasteiger partial charge in [0.15, 0.2) is 11.5 Å². The molecule has 10 nitrogen and oxygen atoms in total. The first-order chi connectivity index (χ1) is 12.8. The highest BCUT2D eigenvalue weighted by Gasteiger charge is 2.26. The molecular formula is C17H14N2O8. The van der Waals surface area contributed by atoms with Crippen LogP contribution >= 0.6 is 0 Å². The highest BCUT2D eigenvalue weighted by Crippen LogP contribution is 2.44. The maximum Gasteiger partial charge on any atom is 0.354 e. The van der Waals surface area contributed by atoms with Gasteiger partial charge in [-0.15, -0.1) is 0 Å². The molecule has 0 spiro atoms. The van der Waals surface area contributed by atoms with E-state index in [1.54, 1.807) is 6.92 Å². The number of H-pyrrole nitrogens is 1. The minimum absolute atomic E-state index is 0.0147. The number of carbonyl (C=O) groups is 3. The lowest BCUT2D eigenvalue weighted by Crippen LogP contribution is -2.08. The van der Waals surface area contributed by atoms with Gasteiger partial charge in [0.25, 0.3) is 0 Å². The SMILES string of the molecule is CCOc1c(OC)c2nc(C(=O)O)cc(C(=O)O)c2c2[nH]c(C(=O)O)cc12. The molecule has 2 heterocycles. The van der Waals surface area contributed by atoms with Gasteiger partial charge in [0.1, 0.15) is 16.9 Å². The lowest BCUT2D eigenvalue weighted by molar-refractivity contribution is 0.0678. The first-order valence-electron chi connectivity index (χ1n) is 7.70. The van der Waals surface area contributed by atoms with E-state index >= 15 is 0 Å².